The van der Waals surface area contributed by atoms with E-state index < -0.39 is 12.1 Å². The first-order valence-electron chi connectivity index (χ1n) is 6.06. The maximum Gasteiger partial charge on any atom is 0.339 e. The Morgan fingerprint density at radius 2 is 2.29 bits per heavy atom. The molecule has 4 N–H and O–H groups in total. The largest absolute Gasteiger partial charge is 0.448 e. The summed E-state index contributed by atoms with van der Waals surface area (Å²) >= 11 is 5.17. The van der Waals surface area contributed by atoms with Gasteiger partial charge in [-0.3, -0.25) is 5.21 Å². The van der Waals surface area contributed by atoms with Crippen molar-refractivity contribution in [2.24, 2.45) is 5.73 Å². The summed E-state index contributed by atoms with van der Waals surface area (Å²) in [4.78, 5) is 13.7. The quantitative estimate of drug-likeness (QED) is 0.344. The molecule has 0 saturated carbocycles. The monoisotopic (exact) mass is 303 g/mol. The summed E-state index contributed by atoms with van der Waals surface area (Å²) in [6, 6.07) is 5.38. The lowest BCUT2D eigenvalue weighted by Crippen LogP contribution is -2.38. The van der Waals surface area contributed by atoms with Gasteiger partial charge in [0.25, 0.3) is 0 Å². The van der Waals surface area contributed by atoms with Crippen LogP contribution in [0.25, 0.3) is 11.3 Å². The van der Waals surface area contributed by atoms with Gasteiger partial charge in [-0.2, -0.15) is 5.06 Å². The van der Waals surface area contributed by atoms with E-state index in [0.29, 0.717) is 21.2 Å². The Hall–Kier alpha value is -2.56. The van der Waals surface area contributed by atoms with Crippen LogP contribution >= 0.6 is 12.2 Å². The van der Waals surface area contributed by atoms with Crippen LogP contribution in [-0.2, 0) is 0 Å². The second-order valence-electron chi connectivity index (χ2n) is 4.20. The molecular formula is C14H13N3O3S. The van der Waals surface area contributed by atoms with Crippen LogP contribution < -0.4 is 5.73 Å². The van der Waals surface area contributed by atoms with Gasteiger partial charge in [-0.15, -0.1) is 0 Å². The molecule has 7 heteroatoms. The van der Waals surface area contributed by atoms with Gasteiger partial charge in [0, 0.05) is 6.20 Å². The van der Waals surface area contributed by atoms with E-state index in [4.69, 9.17) is 22.4 Å². The molecule has 0 aliphatic heterocycles. The molecule has 0 spiro atoms. The molecule has 2 aromatic rings. The van der Waals surface area contributed by atoms with Gasteiger partial charge in [0.15, 0.2) is 5.76 Å². The molecule has 0 bridgehead atoms. The molecule has 2 rings (SSSR count). The van der Waals surface area contributed by atoms with Gasteiger partial charge in [-0.05, 0) is 37.1 Å². The molecule has 2 aromatic heterocycles. The van der Waals surface area contributed by atoms with Crippen LogP contribution in [0, 0.1) is 16.5 Å². The van der Waals surface area contributed by atoms with E-state index in [9.17, 15) is 10.0 Å². The smallest absolute Gasteiger partial charge is 0.339 e. The van der Waals surface area contributed by atoms with E-state index in [1.165, 1.54) is 6.92 Å². The molecule has 0 saturated heterocycles. The van der Waals surface area contributed by atoms with Crippen molar-refractivity contribution in [3.63, 3.8) is 0 Å². The first kappa shape index (κ1) is 14.8. The fraction of sp³-hybridized carbons (Fsp3) is 0.143. The molecule has 0 radical (unpaired) electrons. The van der Waals surface area contributed by atoms with Gasteiger partial charge >= 0.3 is 6.03 Å². The van der Waals surface area contributed by atoms with E-state index in [1.54, 1.807) is 18.3 Å². The Bertz CT molecular complexity index is 769. The van der Waals surface area contributed by atoms with Crippen LogP contribution in [0.5, 0.6) is 0 Å². The molecule has 1 atom stereocenters. The first-order chi connectivity index (χ1) is 9.99. The minimum absolute atomic E-state index is 0.352. The Labute approximate surface area is 126 Å². The number of rotatable bonds is 2. The van der Waals surface area contributed by atoms with Gasteiger partial charge in [-0.1, -0.05) is 18.1 Å². The maximum absolute atomic E-state index is 10.8. The standard InChI is InChI=1S/C14H13N3O3S/c1-9(17(19)14(15)18)4-5-10-6-7-12(20-10)11-3-2-8-16-13(11)21/h2-3,6-9,19H,1H3,(H2,15,18)(H,16,21). The summed E-state index contributed by atoms with van der Waals surface area (Å²) < 4.78 is 6.13. The van der Waals surface area contributed by atoms with Crippen molar-refractivity contribution in [2.75, 3.05) is 0 Å². The number of nitrogens with zero attached hydrogens (tertiary/aromatic N) is 1. The number of hydrogen-bond donors (Lipinski definition) is 3. The number of carbonyl (C=O) groups excluding carboxylic acids is 1. The lowest BCUT2D eigenvalue weighted by atomic mass is 10.2. The molecule has 0 aliphatic rings. The van der Waals surface area contributed by atoms with Crippen molar-refractivity contribution in [3.8, 4) is 23.2 Å². The second kappa shape index (κ2) is 6.26. The van der Waals surface area contributed by atoms with Crippen LogP contribution in [0.4, 0.5) is 4.79 Å². The van der Waals surface area contributed by atoms with Crippen LogP contribution in [0.15, 0.2) is 34.9 Å². The normalized spacial score (nSPS) is 11.3. The number of aromatic nitrogens is 1. The highest BCUT2D eigenvalue weighted by Gasteiger charge is 2.12. The van der Waals surface area contributed by atoms with Crippen molar-refractivity contribution in [1.82, 2.24) is 10.0 Å². The fourth-order valence-corrected chi connectivity index (χ4v) is 1.83. The van der Waals surface area contributed by atoms with E-state index in [0.717, 1.165) is 5.56 Å². The van der Waals surface area contributed by atoms with Crippen LogP contribution in [0.3, 0.4) is 0 Å². The predicted molar refractivity (Wildman–Crippen MR) is 78.9 cm³/mol. The number of hydrogen-bond acceptors (Lipinski definition) is 4. The van der Waals surface area contributed by atoms with Crippen molar-refractivity contribution < 1.29 is 14.4 Å². The fourth-order valence-electron chi connectivity index (χ4n) is 1.59. The maximum atomic E-state index is 10.8. The Morgan fingerprint density at radius 1 is 1.52 bits per heavy atom. The number of nitrogens with two attached hydrogens (primary N) is 1. The van der Waals surface area contributed by atoms with Crippen molar-refractivity contribution in [2.45, 2.75) is 13.0 Å². The highest BCUT2D eigenvalue weighted by molar-refractivity contribution is 7.71. The highest BCUT2D eigenvalue weighted by atomic mass is 32.1. The number of hydroxylamine groups is 2. The molecular weight excluding hydrogens is 290 g/mol. The van der Waals surface area contributed by atoms with E-state index >= 15 is 0 Å². The Morgan fingerprint density at radius 3 is 2.95 bits per heavy atom. The number of amides is 2. The molecule has 108 valence electrons. The van der Waals surface area contributed by atoms with Crippen molar-refractivity contribution in [1.29, 1.82) is 0 Å². The predicted octanol–water partition coefficient (Wildman–Crippen LogP) is 2.51. The average Bonchev–Trinajstić information content (AvgIpc) is 2.93. The summed E-state index contributed by atoms with van der Waals surface area (Å²) in [7, 11) is 0. The number of nitrogens with one attached hydrogen (secondary N) is 1. The third kappa shape index (κ3) is 3.51. The highest BCUT2D eigenvalue weighted by Crippen LogP contribution is 2.21. The van der Waals surface area contributed by atoms with E-state index in [2.05, 4.69) is 16.8 Å². The van der Waals surface area contributed by atoms with E-state index in [1.807, 2.05) is 12.1 Å². The van der Waals surface area contributed by atoms with E-state index in [-0.39, 0.29) is 0 Å². The van der Waals surface area contributed by atoms with Crippen LogP contribution in [-0.4, -0.2) is 27.3 Å². The molecule has 2 amide bonds. The molecule has 0 fully saturated rings. The lowest BCUT2D eigenvalue weighted by Gasteiger charge is -2.14. The Kier molecular flexibility index (Phi) is 4.42. The van der Waals surface area contributed by atoms with Crippen LogP contribution in [0.1, 0.15) is 12.7 Å². The zero-order valence-electron chi connectivity index (χ0n) is 11.2. The zero-order chi connectivity index (χ0) is 15.4. The van der Waals surface area contributed by atoms with Gasteiger partial charge in [-0.25, -0.2) is 4.79 Å². The molecule has 21 heavy (non-hydrogen) atoms. The molecule has 0 aromatic carbocycles. The minimum Gasteiger partial charge on any atom is -0.448 e. The molecule has 6 nitrogen and oxygen atoms in total. The number of urea groups is 1. The summed E-state index contributed by atoms with van der Waals surface area (Å²) in [6.45, 7) is 1.54. The van der Waals surface area contributed by atoms with Crippen molar-refractivity contribution >= 4 is 18.2 Å². The van der Waals surface area contributed by atoms with Crippen molar-refractivity contribution in [3.05, 3.63) is 40.9 Å². The number of aromatic amines is 1. The number of carbonyl (C=O) groups is 1. The lowest BCUT2D eigenvalue weighted by molar-refractivity contribution is -0.0536. The third-order valence-electron chi connectivity index (χ3n) is 2.69. The molecule has 0 aliphatic carbocycles. The molecule has 2 heterocycles. The minimum atomic E-state index is -0.965. The summed E-state index contributed by atoms with van der Waals surface area (Å²) in [5.74, 6) is 6.36. The number of primary amides is 1. The topological polar surface area (TPSA) is 95.5 Å². The van der Waals surface area contributed by atoms with Gasteiger partial charge < -0.3 is 15.1 Å². The van der Waals surface area contributed by atoms with Gasteiger partial charge in [0.1, 0.15) is 16.4 Å². The first-order valence-corrected chi connectivity index (χ1v) is 6.47. The second-order valence-corrected chi connectivity index (χ2v) is 4.61. The van der Waals surface area contributed by atoms with Crippen LogP contribution in [0.2, 0.25) is 0 Å². The SMILES string of the molecule is CC(C#Cc1ccc(-c2ccc[nH]c2=S)o1)N(O)C(N)=O. The van der Waals surface area contributed by atoms with Gasteiger partial charge in [0.05, 0.1) is 5.56 Å². The summed E-state index contributed by atoms with van der Waals surface area (Å²) in [5.41, 5.74) is 5.69. The zero-order valence-corrected chi connectivity index (χ0v) is 12.0. The average molecular weight is 303 g/mol. The van der Waals surface area contributed by atoms with Gasteiger partial charge in [0.2, 0.25) is 0 Å². The Balaban J connectivity index is 2.21. The number of furan rings is 1. The summed E-state index contributed by atoms with van der Waals surface area (Å²) in [6.07, 6.45) is 1.73. The number of H-pyrrole nitrogens is 1. The number of pyridine rings is 1. The third-order valence-corrected chi connectivity index (χ3v) is 3.02. The summed E-state index contributed by atoms with van der Waals surface area (Å²) in [5, 5.41) is 9.65. The molecule has 1 unspecified atom stereocenters.